The summed E-state index contributed by atoms with van der Waals surface area (Å²) in [6.07, 6.45) is 2.86. The predicted octanol–water partition coefficient (Wildman–Crippen LogP) is 4.65. The number of aromatic nitrogens is 1. The Labute approximate surface area is 158 Å². The van der Waals surface area contributed by atoms with Crippen LogP contribution >= 0.6 is 23.2 Å². The molecule has 1 heterocycles. The zero-order valence-corrected chi connectivity index (χ0v) is 14.8. The van der Waals surface area contributed by atoms with Crippen LogP contribution in [-0.2, 0) is 4.74 Å². The second-order valence-electron chi connectivity index (χ2n) is 5.70. The molecule has 0 saturated heterocycles. The van der Waals surface area contributed by atoms with Gasteiger partial charge in [-0.05, 0) is 30.7 Å². The molecule has 26 heavy (non-hydrogen) atoms. The minimum atomic E-state index is -2.76. The molecule has 1 aromatic heterocycles. The third-order valence-electron chi connectivity index (χ3n) is 3.81. The zero-order valence-electron chi connectivity index (χ0n) is 13.3. The van der Waals surface area contributed by atoms with E-state index in [2.05, 4.69) is 15.0 Å². The van der Waals surface area contributed by atoms with Gasteiger partial charge in [-0.15, -0.1) is 0 Å². The molecule has 2 atom stereocenters. The molecule has 1 fully saturated rings. The number of nitrogens with zero attached hydrogens (tertiary/aromatic N) is 1. The van der Waals surface area contributed by atoms with Gasteiger partial charge in [-0.2, -0.15) is 8.78 Å². The van der Waals surface area contributed by atoms with E-state index in [-0.39, 0.29) is 34.2 Å². The van der Waals surface area contributed by atoms with Gasteiger partial charge in [0.25, 0.3) is 5.91 Å². The second kappa shape index (κ2) is 8.16. The molecule has 2 unspecified atom stereocenters. The Kier molecular flexibility index (Phi) is 5.90. The number of amides is 1. The number of halogens is 4. The van der Waals surface area contributed by atoms with Crippen LogP contribution in [0.25, 0.3) is 0 Å². The van der Waals surface area contributed by atoms with Gasteiger partial charge in [0.05, 0.1) is 28.4 Å². The summed E-state index contributed by atoms with van der Waals surface area (Å²) in [4.78, 5) is 16.1. The molecule has 9 heteroatoms. The fourth-order valence-corrected chi connectivity index (χ4v) is 2.78. The number of alkyl halides is 2. The summed E-state index contributed by atoms with van der Waals surface area (Å²) in [6.45, 7) is -2.48. The van der Waals surface area contributed by atoms with Gasteiger partial charge in [-0.3, -0.25) is 9.78 Å². The largest absolute Gasteiger partial charge is 0.493 e. The normalized spacial score (nSPS) is 18.7. The molecule has 0 radical (unpaired) electrons. The molecule has 1 aliphatic carbocycles. The number of hydrogen-bond acceptors (Lipinski definition) is 4. The van der Waals surface area contributed by atoms with Crippen molar-refractivity contribution in [2.75, 3.05) is 11.9 Å². The third-order valence-corrected chi connectivity index (χ3v) is 4.38. The van der Waals surface area contributed by atoms with E-state index in [1.54, 1.807) is 24.3 Å². The minimum absolute atomic E-state index is 0.0389. The first-order chi connectivity index (χ1) is 12.4. The molecule has 5 nitrogen and oxygen atoms in total. The number of benzene rings is 1. The maximum absolute atomic E-state index is 12.3. The van der Waals surface area contributed by atoms with Gasteiger partial charge in [-0.25, -0.2) is 0 Å². The van der Waals surface area contributed by atoms with Gasteiger partial charge in [0.15, 0.2) is 0 Å². The fraction of sp³-hybridized carbons (Fsp3) is 0.294. The monoisotopic (exact) mass is 402 g/mol. The van der Waals surface area contributed by atoms with Crippen LogP contribution in [0.2, 0.25) is 10.0 Å². The van der Waals surface area contributed by atoms with Gasteiger partial charge in [-0.1, -0.05) is 23.2 Å². The molecule has 1 aromatic carbocycles. The molecule has 1 aliphatic rings. The lowest BCUT2D eigenvalue weighted by Gasteiger charge is -2.10. The van der Waals surface area contributed by atoms with E-state index >= 15 is 0 Å². The Bertz CT molecular complexity index is 770. The van der Waals surface area contributed by atoms with E-state index in [1.165, 1.54) is 12.4 Å². The minimum Gasteiger partial charge on any atom is -0.493 e. The van der Waals surface area contributed by atoms with Crippen molar-refractivity contribution in [3.8, 4) is 5.75 Å². The first kappa shape index (κ1) is 18.8. The molecular formula is C17H14Cl2F2N2O3. The van der Waals surface area contributed by atoms with Crippen molar-refractivity contribution in [1.29, 1.82) is 0 Å². The van der Waals surface area contributed by atoms with E-state index in [4.69, 9.17) is 27.9 Å². The van der Waals surface area contributed by atoms with E-state index in [9.17, 15) is 13.6 Å². The highest BCUT2D eigenvalue weighted by atomic mass is 35.5. The number of hydrogen-bond donors (Lipinski definition) is 1. The summed E-state index contributed by atoms with van der Waals surface area (Å²) in [5, 5.41) is 3.09. The standard InChI is InChI=1S/C17H14Cl2F2N2O3/c18-12-6-22-7-13(19)15(12)23-16(24)9-1-3-11(4-2-9)25-8-10-5-14(10)26-17(20)21/h1-4,6-7,10,14,17H,5,8H2,(H,22,23,24). The predicted molar refractivity (Wildman–Crippen MR) is 93.1 cm³/mol. The molecule has 0 aliphatic heterocycles. The van der Waals surface area contributed by atoms with Crippen molar-refractivity contribution >= 4 is 34.8 Å². The van der Waals surface area contributed by atoms with Crippen molar-refractivity contribution in [3.05, 3.63) is 52.3 Å². The first-order valence-corrected chi connectivity index (χ1v) is 8.46. The third kappa shape index (κ3) is 4.81. The number of rotatable bonds is 7. The van der Waals surface area contributed by atoms with Gasteiger partial charge >= 0.3 is 6.61 Å². The van der Waals surface area contributed by atoms with Crippen molar-refractivity contribution in [3.63, 3.8) is 0 Å². The lowest BCUT2D eigenvalue weighted by molar-refractivity contribution is -0.141. The lowest BCUT2D eigenvalue weighted by atomic mass is 10.2. The van der Waals surface area contributed by atoms with Gasteiger partial charge in [0.2, 0.25) is 0 Å². The molecule has 2 aromatic rings. The Morgan fingerprint density at radius 3 is 2.50 bits per heavy atom. The molecule has 1 saturated carbocycles. The van der Waals surface area contributed by atoms with Gasteiger partial charge in [0, 0.05) is 23.9 Å². The van der Waals surface area contributed by atoms with Crippen molar-refractivity contribution in [2.45, 2.75) is 19.1 Å². The van der Waals surface area contributed by atoms with Crippen LogP contribution in [0.3, 0.4) is 0 Å². The second-order valence-corrected chi connectivity index (χ2v) is 6.51. The highest BCUT2D eigenvalue weighted by Gasteiger charge is 2.40. The lowest BCUT2D eigenvalue weighted by Crippen LogP contribution is -2.13. The summed E-state index contributed by atoms with van der Waals surface area (Å²) in [6, 6.07) is 6.40. The van der Waals surface area contributed by atoms with E-state index < -0.39 is 12.7 Å². The van der Waals surface area contributed by atoms with Crippen LogP contribution in [0.5, 0.6) is 5.75 Å². The highest BCUT2D eigenvalue weighted by molar-refractivity contribution is 6.39. The smallest absolute Gasteiger partial charge is 0.345 e. The van der Waals surface area contributed by atoms with Crippen molar-refractivity contribution in [1.82, 2.24) is 4.98 Å². The molecular weight excluding hydrogens is 389 g/mol. The van der Waals surface area contributed by atoms with Crippen molar-refractivity contribution < 1.29 is 23.0 Å². The number of carbonyl (C=O) groups is 1. The maximum Gasteiger partial charge on any atom is 0.345 e. The van der Waals surface area contributed by atoms with Gasteiger partial charge < -0.3 is 14.8 Å². The zero-order chi connectivity index (χ0) is 18.7. The quantitative estimate of drug-likeness (QED) is 0.732. The molecule has 0 spiro atoms. The Morgan fingerprint density at radius 2 is 1.88 bits per heavy atom. The Hall–Kier alpha value is -1.96. The number of nitrogens with one attached hydrogen (secondary N) is 1. The average Bonchev–Trinajstić information content (AvgIpc) is 3.34. The van der Waals surface area contributed by atoms with Gasteiger partial charge in [0.1, 0.15) is 5.75 Å². The van der Waals surface area contributed by atoms with Crippen LogP contribution in [0.4, 0.5) is 14.5 Å². The summed E-state index contributed by atoms with van der Waals surface area (Å²) in [5.74, 6) is 0.103. The Balaban J connectivity index is 1.53. The van der Waals surface area contributed by atoms with Crippen LogP contribution < -0.4 is 10.1 Å². The topological polar surface area (TPSA) is 60.5 Å². The summed E-state index contributed by atoms with van der Waals surface area (Å²) < 4.78 is 34.1. The van der Waals surface area contributed by atoms with Crippen LogP contribution in [0.1, 0.15) is 16.8 Å². The van der Waals surface area contributed by atoms with Crippen LogP contribution in [0.15, 0.2) is 36.7 Å². The molecule has 1 N–H and O–H groups in total. The van der Waals surface area contributed by atoms with Crippen LogP contribution in [-0.4, -0.2) is 30.2 Å². The number of carbonyl (C=O) groups excluding carboxylic acids is 1. The van der Waals surface area contributed by atoms with E-state index in [1.807, 2.05) is 0 Å². The molecule has 1 amide bonds. The molecule has 0 bridgehead atoms. The summed E-state index contributed by atoms with van der Waals surface area (Å²) in [7, 11) is 0. The number of ether oxygens (including phenoxy) is 2. The average molecular weight is 403 g/mol. The fourth-order valence-electron chi connectivity index (χ4n) is 2.32. The summed E-state index contributed by atoms with van der Waals surface area (Å²) >= 11 is 11.9. The molecule has 138 valence electrons. The first-order valence-electron chi connectivity index (χ1n) is 7.71. The van der Waals surface area contributed by atoms with E-state index in [0.29, 0.717) is 17.7 Å². The number of anilines is 1. The Morgan fingerprint density at radius 1 is 1.23 bits per heavy atom. The summed E-state index contributed by atoms with van der Waals surface area (Å²) in [5.41, 5.74) is 0.666. The number of pyridine rings is 1. The van der Waals surface area contributed by atoms with E-state index in [0.717, 1.165) is 0 Å². The molecule has 3 rings (SSSR count). The maximum atomic E-state index is 12.3. The highest BCUT2D eigenvalue weighted by Crippen LogP contribution is 2.35. The van der Waals surface area contributed by atoms with Crippen LogP contribution in [0, 0.1) is 5.92 Å². The van der Waals surface area contributed by atoms with Crippen molar-refractivity contribution in [2.24, 2.45) is 5.92 Å². The SMILES string of the molecule is O=C(Nc1c(Cl)cncc1Cl)c1ccc(OCC2CC2OC(F)F)cc1.